The van der Waals surface area contributed by atoms with Gasteiger partial charge < -0.3 is 24.4 Å². The van der Waals surface area contributed by atoms with Crippen LogP contribution < -0.4 is 10.1 Å². The molecule has 1 unspecified atom stereocenters. The summed E-state index contributed by atoms with van der Waals surface area (Å²) in [5.74, 6) is 2.50. The Hall–Kier alpha value is -1.06. The lowest BCUT2D eigenvalue weighted by molar-refractivity contribution is 0.0522. The Morgan fingerprint density at radius 1 is 1.27 bits per heavy atom. The van der Waals surface area contributed by atoms with Crippen molar-refractivity contribution in [3.8, 4) is 5.75 Å². The molecule has 2 aliphatic rings. The van der Waals surface area contributed by atoms with Gasteiger partial charge in [0.25, 0.3) is 0 Å². The molecule has 2 saturated heterocycles. The predicted molar refractivity (Wildman–Crippen MR) is 132 cm³/mol. The molecule has 1 N–H and O–H groups in total. The number of hydrogen-bond donors (Lipinski definition) is 1. The molecule has 2 aliphatic heterocycles. The van der Waals surface area contributed by atoms with Crippen LogP contribution in [-0.4, -0.2) is 71.1 Å². The minimum Gasteiger partial charge on any atom is -0.496 e. The van der Waals surface area contributed by atoms with Gasteiger partial charge in [0.05, 0.1) is 20.3 Å². The fourth-order valence-corrected chi connectivity index (χ4v) is 4.41. The Labute approximate surface area is 198 Å². The number of nitrogens with zero attached hydrogens (tertiary/aromatic N) is 2. The number of hydrogen-bond acceptors (Lipinski definition) is 4. The first-order chi connectivity index (χ1) is 14.1. The van der Waals surface area contributed by atoms with Crippen molar-refractivity contribution in [2.75, 3.05) is 60.2 Å². The maximum absolute atomic E-state index is 5.74. The number of ether oxygens (including phenoxy) is 3. The van der Waals surface area contributed by atoms with Crippen molar-refractivity contribution in [2.24, 2.45) is 10.9 Å². The second kappa shape index (κ2) is 12.1. The van der Waals surface area contributed by atoms with Gasteiger partial charge in [0, 0.05) is 56.9 Å². The third kappa shape index (κ3) is 6.23. The van der Waals surface area contributed by atoms with E-state index in [2.05, 4.69) is 49.3 Å². The molecule has 6 nitrogen and oxygen atoms in total. The summed E-state index contributed by atoms with van der Waals surface area (Å²) in [7, 11) is 3.88. The van der Waals surface area contributed by atoms with E-state index in [4.69, 9.17) is 19.2 Å². The van der Waals surface area contributed by atoms with Gasteiger partial charge in [0.15, 0.2) is 5.96 Å². The lowest BCUT2D eigenvalue weighted by atomic mass is 9.73. The van der Waals surface area contributed by atoms with Crippen LogP contribution in [0.5, 0.6) is 5.75 Å². The highest BCUT2D eigenvalue weighted by Gasteiger charge is 2.37. The molecule has 0 saturated carbocycles. The number of nitrogens with one attached hydrogen (secondary N) is 1. The second-order valence-corrected chi connectivity index (χ2v) is 8.38. The highest BCUT2D eigenvalue weighted by molar-refractivity contribution is 14.0. The number of benzene rings is 1. The molecule has 7 heteroatoms. The van der Waals surface area contributed by atoms with Gasteiger partial charge in [0.1, 0.15) is 5.75 Å². The Morgan fingerprint density at radius 2 is 2.03 bits per heavy atom. The summed E-state index contributed by atoms with van der Waals surface area (Å²) in [6, 6.07) is 6.47. The molecule has 2 heterocycles. The minimum atomic E-state index is -0.0619. The van der Waals surface area contributed by atoms with Crippen molar-refractivity contribution in [3.05, 3.63) is 29.3 Å². The van der Waals surface area contributed by atoms with E-state index in [-0.39, 0.29) is 29.4 Å². The van der Waals surface area contributed by atoms with Crippen LogP contribution >= 0.6 is 24.0 Å². The molecular weight excluding hydrogens is 493 g/mol. The molecule has 0 amide bonds. The second-order valence-electron chi connectivity index (χ2n) is 8.38. The van der Waals surface area contributed by atoms with Crippen molar-refractivity contribution < 1.29 is 14.2 Å². The van der Waals surface area contributed by atoms with Crippen LogP contribution in [0.1, 0.15) is 37.3 Å². The van der Waals surface area contributed by atoms with Crippen LogP contribution in [0.2, 0.25) is 0 Å². The summed E-state index contributed by atoms with van der Waals surface area (Å²) in [5.41, 5.74) is 2.45. The maximum Gasteiger partial charge on any atom is 0.193 e. The highest BCUT2D eigenvalue weighted by atomic mass is 127. The van der Waals surface area contributed by atoms with E-state index < -0.39 is 0 Å². The van der Waals surface area contributed by atoms with Gasteiger partial charge in [0.2, 0.25) is 0 Å². The van der Waals surface area contributed by atoms with E-state index in [1.54, 1.807) is 7.11 Å². The van der Waals surface area contributed by atoms with Crippen molar-refractivity contribution in [1.82, 2.24) is 10.2 Å². The van der Waals surface area contributed by atoms with Gasteiger partial charge >= 0.3 is 0 Å². The maximum atomic E-state index is 5.74. The molecule has 2 fully saturated rings. The SMILES string of the molecule is CCNC(=NCC1(c2cc(C)ccc2OC)CCOCC1)N(C)CC1CCOC1.I. The van der Waals surface area contributed by atoms with Crippen LogP contribution in [0.3, 0.4) is 0 Å². The van der Waals surface area contributed by atoms with Gasteiger partial charge in [-0.25, -0.2) is 0 Å². The van der Waals surface area contributed by atoms with Gasteiger partial charge in [-0.1, -0.05) is 17.7 Å². The van der Waals surface area contributed by atoms with Crippen LogP contribution in [-0.2, 0) is 14.9 Å². The van der Waals surface area contributed by atoms with Gasteiger partial charge in [-0.05, 0) is 39.2 Å². The minimum absolute atomic E-state index is 0. The van der Waals surface area contributed by atoms with E-state index in [0.717, 1.165) is 77.0 Å². The fourth-order valence-electron chi connectivity index (χ4n) is 4.41. The molecule has 0 bridgehead atoms. The third-order valence-electron chi connectivity index (χ3n) is 6.16. The molecule has 1 atom stereocenters. The first-order valence-corrected chi connectivity index (χ1v) is 10.9. The first kappa shape index (κ1) is 25.2. The van der Waals surface area contributed by atoms with Crippen LogP contribution in [0, 0.1) is 12.8 Å². The quantitative estimate of drug-likeness (QED) is 0.331. The largest absolute Gasteiger partial charge is 0.496 e. The van der Waals surface area contributed by atoms with E-state index >= 15 is 0 Å². The topological polar surface area (TPSA) is 55.3 Å². The van der Waals surface area contributed by atoms with Crippen LogP contribution in [0.25, 0.3) is 0 Å². The first-order valence-electron chi connectivity index (χ1n) is 10.9. The van der Waals surface area contributed by atoms with Crippen molar-refractivity contribution >= 4 is 29.9 Å². The Bertz CT molecular complexity index is 686. The number of methoxy groups -OCH3 is 1. The Balaban J connectivity index is 0.00000320. The van der Waals surface area contributed by atoms with Crippen molar-refractivity contribution in [2.45, 2.75) is 38.5 Å². The molecular formula is C23H38IN3O3. The zero-order chi connectivity index (χ0) is 20.7. The average molecular weight is 531 g/mol. The van der Waals surface area contributed by atoms with E-state index in [9.17, 15) is 0 Å². The third-order valence-corrected chi connectivity index (χ3v) is 6.16. The van der Waals surface area contributed by atoms with Crippen LogP contribution in [0.15, 0.2) is 23.2 Å². The summed E-state index contributed by atoms with van der Waals surface area (Å²) in [6.07, 6.45) is 3.04. The molecule has 170 valence electrons. The number of aliphatic imine (C=N–C) groups is 1. The normalized spacial score (nSPS) is 21.1. The summed E-state index contributed by atoms with van der Waals surface area (Å²) in [5, 5.41) is 3.48. The predicted octanol–water partition coefficient (Wildman–Crippen LogP) is 3.60. The molecule has 1 aromatic rings. The zero-order valence-electron chi connectivity index (χ0n) is 18.9. The fraction of sp³-hybridized carbons (Fsp3) is 0.696. The zero-order valence-corrected chi connectivity index (χ0v) is 21.2. The van der Waals surface area contributed by atoms with E-state index in [1.165, 1.54) is 11.1 Å². The summed E-state index contributed by atoms with van der Waals surface area (Å²) in [6.45, 7) is 10.1. The van der Waals surface area contributed by atoms with Crippen molar-refractivity contribution in [3.63, 3.8) is 0 Å². The molecule has 1 aromatic carbocycles. The summed E-state index contributed by atoms with van der Waals surface area (Å²) < 4.78 is 17.0. The summed E-state index contributed by atoms with van der Waals surface area (Å²) >= 11 is 0. The Morgan fingerprint density at radius 3 is 2.67 bits per heavy atom. The van der Waals surface area contributed by atoms with Gasteiger partial charge in [-0.3, -0.25) is 4.99 Å². The lowest BCUT2D eigenvalue weighted by Crippen LogP contribution is -2.43. The monoisotopic (exact) mass is 531 g/mol. The molecule has 30 heavy (non-hydrogen) atoms. The number of rotatable bonds is 7. The number of halogens is 1. The smallest absolute Gasteiger partial charge is 0.193 e. The van der Waals surface area contributed by atoms with Gasteiger partial charge in [-0.15, -0.1) is 24.0 Å². The van der Waals surface area contributed by atoms with Crippen molar-refractivity contribution in [1.29, 1.82) is 0 Å². The molecule has 0 spiro atoms. The summed E-state index contributed by atoms with van der Waals surface area (Å²) in [4.78, 5) is 7.37. The van der Waals surface area contributed by atoms with Crippen LogP contribution in [0.4, 0.5) is 0 Å². The molecule has 0 radical (unpaired) electrons. The molecule has 0 aliphatic carbocycles. The molecule has 3 rings (SSSR count). The number of aryl methyl sites for hydroxylation is 1. The molecule has 0 aromatic heterocycles. The lowest BCUT2D eigenvalue weighted by Gasteiger charge is -2.38. The Kier molecular flexibility index (Phi) is 10.2. The standard InChI is InChI=1S/C23H37N3O3.HI/c1-5-24-22(26(3)15-19-8-11-29-16-19)25-17-23(9-12-28-13-10-23)20-14-18(2)6-7-21(20)27-4;/h6-7,14,19H,5,8-13,15-17H2,1-4H3,(H,24,25);1H. The average Bonchev–Trinajstić information content (AvgIpc) is 3.24. The van der Waals surface area contributed by atoms with E-state index in [1.807, 2.05) is 0 Å². The van der Waals surface area contributed by atoms with Gasteiger partial charge in [-0.2, -0.15) is 0 Å². The van der Waals surface area contributed by atoms with E-state index in [0.29, 0.717) is 5.92 Å². The number of guanidine groups is 1. The highest BCUT2D eigenvalue weighted by Crippen LogP contribution is 2.40.